The van der Waals surface area contributed by atoms with Gasteiger partial charge in [0.15, 0.2) is 0 Å². The molecule has 1 heterocycles. The zero-order valence-corrected chi connectivity index (χ0v) is 16.3. The number of piperidine rings is 1. The molecule has 150 valence electrons. The molecule has 1 saturated carbocycles. The fourth-order valence-electron chi connectivity index (χ4n) is 3.92. The zero-order valence-electron chi connectivity index (χ0n) is 15.4. The van der Waals surface area contributed by atoms with E-state index in [4.69, 9.17) is 10.5 Å². The van der Waals surface area contributed by atoms with Crippen LogP contribution in [0.1, 0.15) is 22.3 Å². The second-order valence-electron chi connectivity index (χ2n) is 7.53. The van der Waals surface area contributed by atoms with Gasteiger partial charge in [-0.3, -0.25) is 4.79 Å². The molecule has 0 radical (unpaired) electrons. The van der Waals surface area contributed by atoms with Crippen LogP contribution in [0.15, 0.2) is 42.5 Å². The first kappa shape index (κ1) is 20.6. The van der Waals surface area contributed by atoms with Gasteiger partial charge in [-0.2, -0.15) is 0 Å². The number of aliphatic hydroxyl groups is 1. The zero-order chi connectivity index (χ0) is 19.0. The second kappa shape index (κ2) is 8.07. The van der Waals surface area contributed by atoms with Crippen LogP contribution >= 0.6 is 12.4 Å². The van der Waals surface area contributed by atoms with Crippen molar-refractivity contribution in [3.63, 3.8) is 0 Å². The molecule has 0 spiro atoms. The minimum absolute atomic E-state index is 0. The molecule has 0 unspecified atom stereocenters. The summed E-state index contributed by atoms with van der Waals surface area (Å²) in [6.07, 6.45) is 1.74. The Kier molecular flexibility index (Phi) is 5.93. The molecule has 2 aromatic rings. The van der Waals surface area contributed by atoms with Gasteiger partial charge in [0.2, 0.25) is 0 Å². The Morgan fingerprint density at radius 3 is 2.61 bits per heavy atom. The largest absolute Gasteiger partial charge is 0.457 e. The molecule has 2 atom stereocenters. The number of ether oxygens (including phenoxy) is 1. The number of amides is 1. The first-order chi connectivity index (χ1) is 13.0. The molecule has 0 aromatic heterocycles. The minimum Gasteiger partial charge on any atom is -0.457 e. The second-order valence-corrected chi connectivity index (χ2v) is 7.53. The van der Waals surface area contributed by atoms with Gasteiger partial charge in [-0.1, -0.05) is 12.1 Å². The van der Waals surface area contributed by atoms with E-state index < -0.39 is 5.82 Å². The van der Waals surface area contributed by atoms with Crippen molar-refractivity contribution in [3.8, 4) is 11.5 Å². The average molecular weight is 407 g/mol. The molecule has 1 aliphatic heterocycles. The van der Waals surface area contributed by atoms with E-state index in [2.05, 4.69) is 0 Å². The summed E-state index contributed by atoms with van der Waals surface area (Å²) in [5.41, 5.74) is 6.50. The molecule has 28 heavy (non-hydrogen) atoms. The molecule has 0 bridgehead atoms. The van der Waals surface area contributed by atoms with Crippen LogP contribution in [0.2, 0.25) is 0 Å². The van der Waals surface area contributed by atoms with E-state index in [1.165, 1.54) is 18.2 Å². The van der Waals surface area contributed by atoms with Crippen molar-refractivity contribution >= 4 is 18.3 Å². The highest BCUT2D eigenvalue weighted by atomic mass is 35.5. The third-order valence-electron chi connectivity index (χ3n) is 5.67. The van der Waals surface area contributed by atoms with Crippen LogP contribution in [0.3, 0.4) is 0 Å². The van der Waals surface area contributed by atoms with Gasteiger partial charge in [0.1, 0.15) is 17.3 Å². The molecule has 2 aromatic carbocycles. The van der Waals surface area contributed by atoms with E-state index >= 15 is 0 Å². The predicted octanol–water partition coefficient (Wildman–Crippen LogP) is 3.00. The maximum Gasteiger partial charge on any atom is 0.256 e. The molecule has 2 fully saturated rings. The van der Waals surface area contributed by atoms with Crippen molar-refractivity contribution < 1.29 is 19.0 Å². The van der Waals surface area contributed by atoms with Crippen LogP contribution in [0, 0.1) is 17.2 Å². The molecule has 1 aliphatic carbocycles. The maximum atomic E-state index is 14.3. The lowest BCUT2D eigenvalue weighted by Gasteiger charge is -2.21. The van der Waals surface area contributed by atoms with Crippen molar-refractivity contribution in [2.45, 2.75) is 12.8 Å². The fraction of sp³-hybridized carbons (Fsp3) is 0.381. The summed E-state index contributed by atoms with van der Waals surface area (Å²) in [7, 11) is 0. The van der Waals surface area contributed by atoms with Crippen LogP contribution < -0.4 is 10.5 Å². The number of carbonyl (C=O) groups excluding carboxylic acids is 1. The van der Waals surface area contributed by atoms with Crippen LogP contribution in [-0.2, 0) is 6.42 Å². The number of hydrogen-bond donors (Lipinski definition) is 2. The first-order valence-electron chi connectivity index (χ1n) is 9.21. The standard InChI is InChI=1S/C21H23FN2O3.ClH/c22-19-6-5-17(27-16-3-1-14(2-4-16)7-8-23)9-18(19)20(26)24-11-15-10-21(15,12-24)13-25;/h1-6,9,15,25H,7-8,10-13,23H2;1H/t15-,21+;/m1./s1. The summed E-state index contributed by atoms with van der Waals surface area (Å²) in [6, 6.07) is 11.7. The Labute approximate surface area is 169 Å². The third-order valence-corrected chi connectivity index (χ3v) is 5.67. The van der Waals surface area contributed by atoms with E-state index in [9.17, 15) is 14.3 Å². The number of rotatable bonds is 6. The van der Waals surface area contributed by atoms with Gasteiger partial charge in [0.05, 0.1) is 12.2 Å². The normalized spacial score (nSPS) is 22.4. The molecule has 1 saturated heterocycles. The molecular weight excluding hydrogens is 383 g/mol. The van der Waals surface area contributed by atoms with Crippen LogP contribution in [0.5, 0.6) is 11.5 Å². The number of aliphatic hydroxyl groups excluding tert-OH is 1. The van der Waals surface area contributed by atoms with Gasteiger partial charge < -0.3 is 20.5 Å². The van der Waals surface area contributed by atoms with Crippen molar-refractivity contribution in [2.24, 2.45) is 17.1 Å². The van der Waals surface area contributed by atoms with E-state index in [-0.39, 0.29) is 35.9 Å². The number of nitrogens with two attached hydrogens (primary N) is 1. The molecule has 7 heteroatoms. The fourth-order valence-corrected chi connectivity index (χ4v) is 3.92. The number of hydrogen-bond acceptors (Lipinski definition) is 4. The Morgan fingerprint density at radius 2 is 1.96 bits per heavy atom. The summed E-state index contributed by atoms with van der Waals surface area (Å²) in [5.74, 6) is 0.441. The van der Waals surface area contributed by atoms with Gasteiger partial charge in [-0.25, -0.2) is 4.39 Å². The summed E-state index contributed by atoms with van der Waals surface area (Å²) in [5, 5.41) is 9.51. The van der Waals surface area contributed by atoms with Gasteiger partial charge in [0, 0.05) is 18.5 Å². The van der Waals surface area contributed by atoms with Crippen molar-refractivity contribution in [2.75, 3.05) is 26.2 Å². The van der Waals surface area contributed by atoms with E-state index in [1.54, 1.807) is 4.90 Å². The number of likely N-dealkylation sites (tertiary alicyclic amines) is 1. The Hall–Kier alpha value is -2.15. The smallest absolute Gasteiger partial charge is 0.256 e. The number of fused-ring (bicyclic) bond motifs is 1. The lowest BCUT2D eigenvalue weighted by molar-refractivity contribution is 0.0746. The maximum absolute atomic E-state index is 14.3. The number of halogens is 2. The van der Waals surface area contributed by atoms with E-state index in [0.29, 0.717) is 37.1 Å². The van der Waals surface area contributed by atoms with Crippen LogP contribution in [0.4, 0.5) is 4.39 Å². The lowest BCUT2D eigenvalue weighted by Crippen LogP contribution is -2.33. The monoisotopic (exact) mass is 406 g/mol. The molecule has 5 nitrogen and oxygen atoms in total. The number of benzene rings is 2. The number of carbonyl (C=O) groups is 1. The summed E-state index contributed by atoms with van der Waals surface area (Å²) in [4.78, 5) is 14.4. The first-order valence-corrected chi connectivity index (χ1v) is 9.21. The SMILES string of the molecule is Cl.NCCc1ccc(Oc2ccc(F)c(C(=O)N3C[C@H]4C[C@@]4(CO)C3)c2)cc1. The van der Waals surface area contributed by atoms with Gasteiger partial charge in [0.25, 0.3) is 5.91 Å². The average Bonchev–Trinajstić information content (AvgIpc) is 3.25. The molecule has 1 amide bonds. The lowest BCUT2D eigenvalue weighted by atomic mass is 10.1. The van der Waals surface area contributed by atoms with Crippen molar-refractivity contribution in [1.29, 1.82) is 0 Å². The van der Waals surface area contributed by atoms with E-state index in [0.717, 1.165) is 18.4 Å². The Balaban J connectivity index is 0.00000225. The molecular formula is C21H24ClFN2O3. The van der Waals surface area contributed by atoms with Crippen LogP contribution in [0.25, 0.3) is 0 Å². The van der Waals surface area contributed by atoms with Gasteiger partial charge in [-0.05, 0) is 61.2 Å². The van der Waals surface area contributed by atoms with Crippen LogP contribution in [-0.4, -0.2) is 42.2 Å². The minimum atomic E-state index is -0.565. The third kappa shape index (κ3) is 3.85. The topological polar surface area (TPSA) is 75.8 Å². The Bertz CT molecular complexity index is 857. The summed E-state index contributed by atoms with van der Waals surface area (Å²) < 4.78 is 20.1. The van der Waals surface area contributed by atoms with Gasteiger partial charge in [-0.15, -0.1) is 12.4 Å². The quantitative estimate of drug-likeness (QED) is 0.773. The molecule has 4 rings (SSSR count). The van der Waals surface area contributed by atoms with Crippen molar-refractivity contribution in [3.05, 3.63) is 59.4 Å². The highest BCUT2D eigenvalue weighted by Crippen LogP contribution is 2.57. The van der Waals surface area contributed by atoms with E-state index in [1.807, 2.05) is 24.3 Å². The highest BCUT2D eigenvalue weighted by molar-refractivity contribution is 5.95. The number of nitrogens with zero attached hydrogens (tertiary/aromatic N) is 1. The predicted molar refractivity (Wildman–Crippen MR) is 106 cm³/mol. The Morgan fingerprint density at radius 1 is 1.25 bits per heavy atom. The summed E-state index contributed by atoms with van der Waals surface area (Å²) >= 11 is 0. The highest BCUT2D eigenvalue weighted by Gasteiger charge is 2.60. The van der Waals surface area contributed by atoms with Crippen molar-refractivity contribution in [1.82, 2.24) is 4.90 Å². The molecule has 2 aliphatic rings. The van der Waals surface area contributed by atoms with Gasteiger partial charge >= 0.3 is 0 Å². The molecule has 3 N–H and O–H groups in total. The summed E-state index contributed by atoms with van der Waals surface area (Å²) in [6.45, 7) is 1.72.